The van der Waals surface area contributed by atoms with Gasteiger partial charge >= 0.3 is 6.18 Å². The molecule has 1 aliphatic rings. The molecular weight excluding hydrogens is 435 g/mol. The first kappa shape index (κ1) is 21.9. The third-order valence-electron chi connectivity index (χ3n) is 5.03. The minimum atomic E-state index is -4.71. The van der Waals surface area contributed by atoms with E-state index in [9.17, 15) is 26.7 Å². The Morgan fingerprint density at radius 3 is 2.53 bits per heavy atom. The van der Waals surface area contributed by atoms with Crippen LogP contribution in [0.3, 0.4) is 0 Å². The van der Waals surface area contributed by atoms with E-state index < -0.39 is 35.9 Å². The number of fused-ring (bicyclic) bond motifs is 1. The van der Waals surface area contributed by atoms with Gasteiger partial charge in [0.1, 0.15) is 17.4 Å². The summed E-state index contributed by atoms with van der Waals surface area (Å²) in [5, 5.41) is -0.346. The molecule has 0 radical (unpaired) electrons. The molecule has 0 N–H and O–H groups in total. The van der Waals surface area contributed by atoms with Gasteiger partial charge in [-0.2, -0.15) is 13.2 Å². The lowest BCUT2D eigenvalue weighted by molar-refractivity contribution is -0.137. The molecule has 3 aromatic rings. The standard InChI is InChI=1S/C22H17F5N2O3/c23-13-4-5-14(16(24)10-13)18-11-19(32-12-20(30)29-6-8-31-9-7-29)21-15(22(25,26)27)2-1-3-17(21)28-18/h1-5,10-11H,6-9,12H2. The molecule has 5 nitrogen and oxygen atoms in total. The number of hydrogen-bond donors (Lipinski definition) is 0. The summed E-state index contributed by atoms with van der Waals surface area (Å²) in [6, 6.07) is 7.29. The van der Waals surface area contributed by atoms with Crippen LogP contribution in [0.2, 0.25) is 0 Å². The molecule has 1 aliphatic heterocycles. The van der Waals surface area contributed by atoms with Crippen LogP contribution in [0.25, 0.3) is 22.2 Å². The van der Waals surface area contributed by atoms with Crippen molar-refractivity contribution in [3.8, 4) is 17.0 Å². The SMILES string of the molecule is O=C(COc1cc(-c2ccc(F)cc2F)nc2cccc(C(F)(F)F)c12)N1CCOCC1. The average Bonchev–Trinajstić information content (AvgIpc) is 2.76. The van der Waals surface area contributed by atoms with Gasteiger partial charge in [-0.15, -0.1) is 0 Å². The van der Waals surface area contributed by atoms with Crippen molar-refractivity contribution >= 4 is 16.8 Å². The zero-order valence-corrected chi connectivity index (χ0v) is 16.6. The highest BCUT2D eigenvalue weighted by Gasteiger charge is 2.34. The van der Waals surface area contributed by atoms with Crippen LogP contribution in [-0.2, 0) is 15.7 Å². The Bertz CT molecular complexity index is 1160. The summed E-state index contributed by atoms with van der Waals surface area (Å²) in [6.07, 6.45) is -4.71. The number of amides is 1. The van der Waals surface area contributed by atoms with E-state index in [1.165, 1.54) is 17.0 Å². The van der Waals surface area contributed by atoms with Crippen LogP contribution in [0.5, 0.6) is 5.75 Å². The number of benzene rings is 2. The second-order valence-corrected chi connectivity index (χ2v) is 7.11. The first-order chi connectivity index (χ1) is 15.2. The van der Waals surface area contributed by atoms with Crippen molar-refractivity contribution < 1.29 is 36.2 Å². The Morgan fingerprint density at radius 1 is 1.09 bits per heavy atom. The van der Waals surface area contributed by atoms with Crippen molar-refractivity contribution in [3.63, 3.8) is 0 Å². The molecule has 0 unspecified atom stereocenters. The molecule has 1 saturated heterocycles. The normalized spacial score (nSPS) is 14.6. The summed E-state index contributed by atoms with van der Waals surface area (Å²) >= 11 is 0. The van der Waals surface area contributed by atoms with Crippen LogP contribution in [-0.4, -0.2) is 48.7 Å². The average molecular weight is 452 g/mol. The number of morpholine rings is 1. The number of pyridine rings is 1. The molecule has 168 valence electrons. The molecule has 2 aromatic carbocycles. The van der Waals surface area contributed by atoms with Crippen molar-refractivity contribution in [2.24, 2.45) is 0 Å². The number of carbonyl (C=O) groups excluding carboxylic acids is 1. The molecule has 0 saturated carbocycles. The van der Waals surface area contributed by atoms with Crippen LogP contribution >= 0.6 is 0 Å². The van der Waals surface area contributed by atoms with E-state index in [2.05, 4.69) is 4.98 Å². The molecule has 10 heteroatoms. The van der Waals surface area contributed by atoms with Crippen molar-refractivity contribution in [2.45, 2.75) is 6.18 Å². The smallest absolute Gasteiger partial charge is 0.417 e. The number of nitrogens with zero attached hydrogens (tertiary/aromatic N) is 2. The summed E-state index contributed by atoms with van der Waals surface area (Å²) in [5.41, 5.74) is -1.27. The van der Waals surface area contributed by atoms with Crippen LogP contribution in [0.4, 0.5) is 22.0 Å². The lowest BCUT2D eigenvalue weighted by Gasteiger charge is -2.27. The van der Waals surface area contributed by atoms with Gasteiger partial charge < -0.3 is 14.4 Å². The molecule has 0 bridgehead atoms. The highest BCUT2D eigenvalue weighted by atomic mass is 19.4. The number of ether oxygens (including phenoxy) is 2. The predicted molar refractivity (Wildman–Crippen MR) is 105 cm³/mol. The highest BCUT2D eigenvalue weighted by Crippen LogP contribution is 2.40. The zero-order valence-electron chi connectivity index (χ0n) is 16.6. The number of rotatable bonds is 4. The topological polar surface area (TPSA) is 51.7 Å². The Labute approximate surface area is 179 Å². The second kappa shape index (κ2) is 8.70. The van der Waals surface area contributed by atoms with Gasteiger partial charge in [-0.1, -0.05) is 6.07 Å². The fourth-order valence-corrected chi connectivity index (χ4v) is 3.48. The lowest BCUT2D eigenvalue weighted by Crippen LogP contribution is -2.43. The lowest BCUT2D eigenvalue weighted by atomic mass is 10.0. The third-order valence-corrected chi connectivity index (χ3v) is 5.03. The molecule has 2 heterocycles. The fraction of sp³-hybridized carbons (Fsp3) is 0.273. The van der Waals surface area contributed by atoms with E-state index in [0.717, 1.165) is 24.3 Å². The maximum Gasteiger partial charge on any atom is 0.417 e. The Morgan fingerprint density at radius 2 is 1.84 bits per heavy atom. The van der Waals surface area contributed by atoms with E-state index >= 15 is 0 Å². The van der Waals surface area contributed by atoms with Gasteiger partial charge in [-0.3, -0.25) is 4.79 Å². The molecule has 0 aliphatic carbocycles. The van der Waals surface area contributed by atoms with Crippen molar-refractivity contribution in [1.82, 2.24) is 9.88 Å². The maximum atomic E-state index is 14.3. The highest BCUT2D eigenvalue weighted by molar-refractivity contribution is 5.91. The predicted octanol–water partition coefficient (Wildman–Crippen LogP) is 4.44. The first-order valence-corrected chi connectivity index (χ1v) is 9.69. The van der Waals surface area contributed by atoms with Gasteiger partial charge in [0.2, 0.25) is 0 Å². The van der Waals surface area contributed by atoms with Crippen LogP contribution in [0.15, 0.2) is 42.5 Å². The molecule has 1 aromatic heterocycles. The minimum Gasteiger partial charge on any atom is -0.483 e. The van der Waals surface area contributed by atoms with Crippen LogP contribution < -0.4 is 4.74 Å². The van der Waals surface area contributed by atoms with E-state index in [1.54, 1.807) is 0 Å². The van der Waals surface area contributed by atoms with Gasteiger partial charge in [0.25, 0.3) is 5.91 Å². The Balaban J connectivity index is 1.78. The van der Waals surface area contributed by atoms with Gasteiger partial charge in [-0.05, 0) is 24.3 Å². The summed E-state index contributed by atoms with van der Waals surface area (Å²) in [4.78, 5) is 18.1. The Hall–Kier alpha value is -3.27. The molecule has 0 spiro atoms. The van der Waals surface area contributed by atoms with Crippen molar-refractivity contribution in [1.29, 1.82) is 0 Å². The van der Waals surface area contributed by atoms with Gasteiger partial charge in [0, 0.05) is 30.8 Å². The monoisotopic (exact) mass is 452 g/mol. The van der Waals surface area contributed by atoms with E-state index in [1.807, 2.05) is 0 Å². The molecule has 32 heavy (non-hydrogen) atoms. The molecule has 0 atom stereocenters. The quantitative estimate of drug-likeness (QED) is 0.550. The largest absolute Gasteiger partial charge is 0.483 e. The minimum absolute atomic E-state index is 0.0526. The van der Waals surface area contributed by atoms with E-state index in [0.29, 0.717) is 32.4 Å². The number of alkyl halides is 3. The van der Waals surface area contributed by atoms with Crippen LogP contribution in [0, 0.1) is 11.6 Å². The Kier molecular flexibility index (Phi) is 5.96. The molecule has 1 fully saturated rings. The first-order valence-electron chi connectivity index (χ1n) is 9.69. The molecule has 1 amide bonds. The van der Waals surface area contributed by atoms with Crippen LogP contribution in [0.1, 0.15) is 5.56 Å². The third kappa shape index (κ3) is 4.50. The zero-order chi connectivity index (χ0) is 22.9. The van der Waals surface area contributed by atoms with Crippen molar-refractivity contribution in [3.05, 3.63) is 59.7 Å². The number of hydrogen-bond acceptors (Lipinski definition) is 4. The number of aromatic nitrogens is 1. The summed E-state index contributed by atoms with van der Waals surface area (Å²) in [6.45, 7) is 0.890. The maximum absolute atomic E-state index is 14.3. The van der Waals surface area contributed by atoms with Crippen molar-refractivity contribution in [2.75, 3.05) is 32.9 Å². The molecular formula is C22H17F5N2O3. The summed E-state index contributed by atoms with van der Waals surface area (Å²) < 4.78 is 79.3. The van der Waals surface area contributed by atoms with E-state index in [4.69, 9.17) is 9.47 Å². The number of carbonyl (C=O) groups is 1. The fourth-order valence-electron chi connectivity index (χ4n) is 3.48. The van der Waals surface area contributed by atoms with E-state index in [-0.39, 0.29) is 27.9 Å². The summed E-state index contributed by atoms with van der Waals surface area (Å²) in [7, 11) is 0. The number of halogens is 5. The second-order valence-electron chi connectivity index (χ2n) is 7.11. The molecule has 4 rings (SSSR count). The van der Waals surface area contributed by atoms with Gasteiger partial charge in [-0.25, -0.2) is 13.8 Å². The summed E-state index contributed by atoms with van der Waals surface area (Å²) in [5.74, 6) is -2.43. The van der Waals surface area contributed by atoms with Gasteiger partial charge in [0.05, 0.1) is 35.4 Å². The van der Waals surface area contributed by atoms with Gasteiger partial charge in [0.15, 0.2) is 6.61 Å².